The molecule has 0 bridgehead atoms. The molecule has 42 heavy (non-hydrogen) atoms. The molecule has 14 heteroatoms. The van der Waals surface area contributed by atoms with Crippen LogP contribution in [-0.4, -0.2) is 77.0 Å². The van der Waals surface area contributed by atoms with Crippen LogP contribution < -0.4 is 5.32 Å². The topological polar surface area (TPSA) is 65.8 Å². The van der Waals surface area contributed by atoms with Crippen LogP contribution in [0.25, 0.3) is 17.0 Å². The van der Waals surface area contributed by atoms with Crippen LogP contribution in [0.1, 0.15) is 27.9 Å². The van der Waals surface area contributed by atoms with Gasteiger partial charge in [0.1, 0.15) is 0 Å². The number of aryl methyl sites for hydroxylation is 1. The van der Waals surface area contributed by atoms with Crippen LogP contribution in [0.5, 0.6) is 0 Å². The van der Waals surface area contributed by atoms with Gasteiger partial charge in [-0.05, 0) is 67.2 Å². The van der Waals surface area contributed by atoms with Gasteiger partial charge in [0, 0.05) is 38.1 Å². The summed E-state index contributed by atoms with van der Waals surface area (Å²) in [6.07, 6.45) is -8.17. The number of rotatable bonds is 6. The van der Waals surface area contributed by atoms with Crippen molar-refractivity contribution >= 4 is 39.8 Å². The Balaban J connectivity index is 1.32. The summed E-state index contributed by atoms with van der Waals surface area (Å²) in [4.78, 5) is 22.1. The Kier molecular flexibility index (Phi) is 8.41. The molecule has 5 rings (SSSR count). The number of alkyl halides is 6. The van der Waals surface area contributed by atoms with Crippen LogP contribution in [0.2, 0.25) is 0 Å². The predicted molar refractivity (Wildman–Crippen MR) is 150 cm³/mol. The average Bonchev–Trinajstić information content (AvgIpc) is 3.42. The van der Waals surface area contributed by atoms with E-state index >= 15 is 0 Å². The van der Waals surface area contributed by atoms with E-state index in [-0.39, 0.29) is 24.1 Å². The minimum Gasteiger partial charge on any atom is -0.304 e. The lowest BCUT2D eigenvalue weighted by atomic mass is 10.0. The molecule has 0 atom stereocenters. The molecule has 0 aliphatic carbocycles. The Morgan fingerprint density at radius 3 is 2.45 bits per heavy atom. The Morgan fingerprint density at radius 1 is 1.02 bits per heavy atom. The third-order valence-electron chi connectivity index (χ3n) is 7.24. The zero-order valence-corrected chi connectivity index (χ0v) is 23.6. The maximum absolute atomic E-state index is 13.7. The minimum absolute atomic E-state index is 0.131. The maximum Gasteiger partial charge on any atom is 0.416 e. The number of benzene rings is 2. The quantitative estimate of drug-likeness (QED) is 0.306. The van der Waals surface area contributed by atoms with Crippen molar-refractivity contribution in [1.29, 1.82) is 0 Å². The van der Waals surface area contributed by atoms with E-state index in [1.807, 2.05) is 0 Å². The summed E-state index contributed by atoms with van der Waals surface area (Å²) in [5.74, 6) is -0.271. The second-order valence-electron chi connectivity index (χ2n) is 10.3. The summed E-state index contributed by atoms with van der Waals surface area (Å²) in [5.41, 5.74) is -1.32. The van der Waals surface area contributed by atoms with E-state index in [0.29, 0.717) is 44.8 Å². The summed E-state index contributed by atoms with van der Waals surface area (Å²) < 4.78 is 81.5. The van der Waals surface area contributed by atoms with Gasteiger partial charge in [-0.2, -0.15) is 31.4 Å². The third kappa shape index (κ3) is 6.81. The molecule has 2 aliphatic rings. The first kappa shape index (κ1) is 30.1. The number of likely N-dealkylation sites (N-methyl/N-ethyl adjacent to an activating group) is 1. The van der Waals surface area contributed by atoms with Gasteiger partial charge in [0.05, 0.1) is 40.3 Å². The number of thioether (sulfide) groups is 1. The van der Waals surface area contributed by atoms with Crippen molar-refractivity contribution in [3.05, 3.63) is 69.3 Å². The largest absolute Gasteiger partial charge is 0.416 e. The van der Waals surface area contributed by atoms with Crippen molar-refractivity contribution in [3.63, 3.8) is 0 Å². The molecule has 1 amide bonds. The molecule has 0 saturated carbocycles. The fraction of sp³-hybridized carbons (Fsp3) is 0.393. The van der Waals surface area contributed by atoms with Crippen molar-refractivity contribution in [2.45, 2.75) is 25.8 Å². The van der Waals surface area contributed by atoms with Gasteiger partial charge in [-0.3, -0.25) is 19.4 Å². The lowest BCUT2D eigenvalue weighted by Crippen LogP contribution is -2.45. The summed E-state index contributed by atoms with van der Waals surface area (Å²) in [7, 11) is 2.09. The van der Waals surface area contributed by atoms with Crippen molar-refractivity contribution in [1.82, 2.24) is 24.9 Å². The number of halogens is 6. The van der Waals surface area contributed by atoms with Gasteiger partial charge in [0.15, 0.2) is 5.17 Å². The van der Waals surface area contributed by atoms with Crippen molar-refractivity contribution < 1.29 is 31.1 Å². The third-order valence-corrected chi connectivity index (χ3v) is 8.19. The van der Waals surface area contributed by atoms with E-state index in [4.69, 9.17) is 0 Å². The van der Waals surface area contributed by atoms with Gasteiger partial charge in [-0.25, -0.2) is 0 Å². The van der Waals surface area contributed by atoms with E-state index < -0.39 is 23.5 Å². The number of amidine groups is 1. The minimum atomic E-state index is -4.97. The lowest BCUT2D eigenvalue weighted by Gasteiger charge is -2.31. The second kappa shape index (κ2) is 11.7. The first-order valence-electron chi connectivity index (χ1n) is 13.2. The van der Waals surface area contributed by atoms with Gasteiger partial charge in [0.2, 0.25) is 0 Å². The van der Waals surface area contributed by atoms with E-state index in [9.17, 15) is 31.1 Å². The van der Waals surface area contributed by atoms with Crippen molar-refractivity contribution in [2.24, 2.45) is 4.99 Å². The first-order valence-corrected chi connectivity index (χ1v) is 14.0. The normalized spacial score (nSPS) is 19.4. The van der Waals surface area contributed by atoms with E-state index in [2.05, 4.69) is 32.3 Å². The molecule has 2 aromatic carbocycles. The Bertz CT molecular complexity index is 1550. The summed E-state index contributed by atoms with van der Waals surface area (Å²) >= 11 is 1.24. The number of piperazine rings is 1. The maximum atomic E-state index is 13.7. The van der Waals surface area contributed by atoms with Crippen molar-refractivity contribution in [3.8, 4) is 0 Å². The standard InChI is InChI=1S/C28H28F6N6OS/c1-17-21-13-18(14-24-25(41)36-26(42-24)35-7-8-39-11-9-38(2)10-12-39)3-6-23(21)40(37-17)16-19-4-5-20(27(29,30)31)15-22(19)28(32,33)34/h3-6,13-15H,7-12,16H2,1-2H3,(H,35,36,41)/b24-14-. The molecule has 2 fully saturated rings. The number of carbonyl (C=O) groups excluding carboxylic acids is 1. The summed E-state index contributed by atoms with van der Waals surface area (Å²) in [5, 5.41) is 8.31. The molecular formula is C28H28F6N6OS. The molecule has 1 aromatic heterocycles. The van der Waals surface area contributed by atoms with E-state index in [1.54, 1.807) is 31.2 Å². The SMILES string of the molecule is Cc1nn(Cc2ccc(C(F)(F)F)cc2C(F)(F)F)c2ccc(/C=C3\SC(=NCCN4CCN(C)CC4)NC3=O)cc12. The molecule has 1 N–H and O–H groups in total. The van der Waals surface area contributed by atoms with Crippen LogP contribution in [-0.2, 0) is 23.7 Å². The number of fused-ring (bicyclic) bond motifs is 1. The Labute approximate surface area is 242 Å². The number of nitrogens with zero attached hydrogens (tertiary/aromatic N) is 5. The second-order valence-corrected chi connectivity index (χ2v) is 11.3. The molecule has 0 unspecified atom stereocenters. The van der Waals surface area contributed by atoms with Crippen LogP contribution >= 0.6 is 11.8 Å². The van der Waals surface area contributed by atoms with Gasteiger partial charge in [-0.15, -0.1) is 0 Å². The van der Waals surface area contributed by atoms with Gasteiger partial charge >= 0.3 is 12.4 Å². The van der Waals surface area contributed by atoms with Crippen LogP contribution in [0, 0.1) is 6.92 Å². The number of hydrogen-bond donors (Lipinski definition) is 1. The van der Waals surface area contributed by atoms with Gasteiger partial charge < -0.3 is 10.2 Å². The molecule has 0 radical (unpaired) electrons. The highest BCUT2D eigenvalue weighted by atomic mass is 32.2. The highest BCUT2D eigenvalue weighted by Gasteiger charge is 2.38. The smallest absolute Gasteiger partial charge is 0.304 e. The zero-order valence-electron chi connectivity index (χ0n) is 22.8. The number of aliphatic imine (C=N–C) groups is 1. The van der Waals surface area contributed by atoms with Gasteiger partial charge in [-0.1, -0.05) is 12.1 Å². The molecule has 3 heterocycles. The molecule has 224 valence electrons. The summed E-state index contributed by atoms with van der Waals surface area (Å²) in [6, 6.07) is 6.76. The monoisotopic (exact) mass is 610 g/mol. The van der Waals surface area contributed by atoms with Gasteiger partial charge in [0.25, 0.3) is 5.91 Å². The number of hydrogen-bond acceptors (Lipinski definition) is 6. The number of carbonyl (C=O) groups is 1. The Morgan fingerprint density at radius 2 is 1.76 bits per heavy atom. The number of amides is 1. The zero-order chi connectivity index (χ0) is 30.2. The fourth-order valence-electron chi connectivity index (χ4n) is 4.90. The molecule has 3 aromatic rings. The molecule has 0 spiro atoms. The van der Waals surface area contributed by atoms with E-state index in [0.717, 1.165) is 38.8 Å². The summed E-state index contributed by atoms with van der Waals surface area (Å²) in [6.45, 7) is 6.70. The Hall–Kier alpha value is -3.36. The van der Waals surface area contributed by atoms with Crippen LogP contribution in [0.3, 0.4) is 0 Å². The predicted octanol–water partition coefficient (Wildman–Crippen LogP) is 5.24. The molecular weight excluding hydrogens is 582 g/mol. The van der Waals surface area contributed by atoms with Crippen LogP contribution in [0.15, 0.2) is 46.3 Å². The molecule has 2 saturated heterocycles. The van der Waals surface area contributed by atoms with Crippen LogP contribution in [0.4, 0.5) is 26.3 Å². The first-order chi connectivity index (χ1) is 19.8. The number of aromatic nitrogens is 2. The molecule has 2 aliphatic heterocycles. The highest BCUT2D eigenvalue weighted by Crippen LogP contribution is 2.38. The lowest BCUT2D eigenvalue weighted by molar-refractivity contribution is -0.143. The highest BCUT2D eigenvalue weighted by molar-refractivity contribution is 8.18. The fourth-order valence-corrected chi connectivity index (χ4v) is 5.75. The molecule has 7 nitrogen and oxygen atoms in total. The number of nitrogens with one attached hydrogen (secondary N) is 1. The van der Waals surface area contributed by atoms with Crippen molar-refractivity contribution in [2.75, 3.05) is 46.3 Å². The average molecular weight is 611 g/mol. The van der Waals surface area contributed by atoms with E-state index in [1.165, 1.54) is 16.4 Å².